The number of nitrogens with one attached hydrogen (secondary N) is 1. The van der Waals surface area contributed by atoms with Crippen LogP contribution in [0.25, 0.3) is 0 Å². The largest absolute Gasteiger partial charge is 0.493 e. The first-order chi connectivity index (χ1) is 13.2. The van der Waals surface area contributed by atoms with E-state index < -0.39 is 0 Å². The number of aliphatic imine (C=N–C) groups is 1. The molecule has 28 heavy (non-hydrogen) atoms. The molecule has 6 nitrogen and oxygen atoms in total. The number of rotatable bonds is 9. The van der Waals surface area contributed by atoms with Crippen LogP contribution in [0.5, 0.6) is 11.5 Å². The van der Waals surface area contributed by atoms with Gasteiger partial charge in [-0.3, -0.25) is 4.90 Å². The van der Waals surface area contributed by atoms with Crippen molar-refractivity contribution in [2.24, 2.45) is 4.99 Å². The molecule has 0 aliphatic carbocycles. The molecule has 2 rings (SSSR count). The van der Waals surface area contributed by atoms with Crippen molar-refractivity contribution < 1.29 is 9.47 Å². The molecule has 1 heterocycles. The van der Waals surface area contributed by atoms with Crippen molar-refractivity contribution in [3.63, 3.8) is 0 Å². The highest BCUT2D eigenvalue weighted by Crippen LogP contribution is 2.28. The number of halogens is 1. The lowest BCUT2D eigenvalue weighted by molar-refractivity contribution is 0.223. The van der Waals surface area contributed by atoms with E-state index in [0.29, 0.717) is 19.2 Å². The Morgan fingerprint density at radius 2 is 1.96 bits per heavy atom. The van der Waals surface area contributed by atoms with E-state index in [9.17, 15) is 0 Å². The van der Waals surface area contributed by atoms with E-state index in [-0.39, 0.29) is 24.0 Å². The zero-order valence-electron chi connectivity index (χ0n) is 18.0. The highest BCUT2D eigenvalue weighted by atomic mass is 127. The minimum Gasteiger partial charge on any atom is -0.493 e. The molecule has 0 bridgehead atoms. The fourth-order valence-corrected chi connectivity index (χ4v) is 3.65. The van der Waals surface area contributed by atoms with Gasteiger partial charge in [-0.25, -0.2) is 4.99 Å². The van der Waals surface area contributed by atoms with Gasteiger partial charge < -0.3 is 19.7 Å². The van der Waals surface area contributed by atoms with Gasteiger partial charge in [0.15, 0.2) is 17.5 Å². The zero-order chi connectivity index (χ0) is 19.6. The molecule has 0 aromatic heterocycles. The number of hydrogen-bond acceptors (Lipinski definition) is 4. The normalized spacial score (nSPS) is 16.9. The van der Waals surface area contributed by atoms with Crippen molar-refractivity contribution >= 4 is 29.9 Å². The third-order valence-corrected chi connectivity index (χ3v) is 5.07. The Bertz CT molecular complexity index is 608. The third-order valence-electron chi connectivity index (χ3n) is 5.07. The molecule has 1 fully saturated rings. The van der Waals surface area contributed by atoms with Gasteiger partial charge in [-0.05, 0) is 51.1 Å². The molecule has 1 aliphatic rings. The van der Waals surface area contributed by atoms with Crippen molar-refractivity contribution in [3.05, 3.63) is 23.8 Å². The van der Waals surface area contributed by atoms with E-state index in [1.54, 1.807) is 7.11 Å². The van der Waals surface area contributed by atoms with E-state index in [2.05, 4.69) is 42.0 Å². The second kappa shape index (κ2) is 13.1. The van der Waals surface area contributed by atoms with Crippen LogP contribution in [-0.2, 0) is 6.54 Å². The van der Waals surface area contributed by atoms with E-state index in [0.717, 1.165) is 55.7 Å². The Kier molecular flexibility index (Phi) is 11.6. The van der Waals surface area contributed by atoms with Gasteiger partial charge in [0, 0.05) is 25.7 Å². The lowest BCUT2D eigenvalue weighted by Gasteiger charge is -2.27. The number of likely N-dealkylation sites (N-methyl/N-ethyl adjacent to an activating group) is 1. The molecule has 0 radical (unpaired) electrons. The Morgan fingerprint density at radius 1 is 1.21 bits per heavy atom. The van der Waals surface area contributed by atoms with Crippen LogP contribution in [0.2, 0.25) is 0 Å². The average molecular weight is 504 g/mol. The summed E-state index contributed by atoms with van der Waals surface area (Å²) in [6.45, 7) is 15.0. The van der Waals surface area contributed by atoms with Crippen molar-refractivity contribution in [1.29, 1.82) is 0 Å². The smallest absolute Gasteiger partial charge is 0.194 e. The average Bonchev–Trinajstić information content (AvgIpc) is 3.16. The topological polar surface area (TPSA) is 49.3 Å². The molecule has 1 aromatic carbocycles. The number of likely N-dealkylation sites (tertiary alicyclic amines) is 1. The van der Waals surface area contributed by atoms with Crippen LogP contribution in [0.4, 0.5) is 0 Å². The van der Waals surface area contributed by atoms with Crippen molar-refractivity contribution in [3.8, 4) is 11.5 Å². The predicted octanol–water partition coefficient (Wildman–Crippen LogP) is 3.59. The molecule has 0 spiro atoms. The Labute approximate surface area is 187 Å². The van der Waals surface area contributed by atoms with Gasteiger partial charge in [-0.15, -0.1) is 24.0 Å². The summed E-state index contributed by atoms with van der Waals surface area (Å²) < 4.78 is 11.1. The summed E-state index contributed by atoms with van der Waals surface area (Å²) in [6, 6.07) is 6.65. The van der Waals surface area contributed by atoms with Crippen LogP contribution in [0, 0.1) is 0 Å². The summed E-state index contributed by atoms with van der Waals surface area (Å²) in [5.74, 6) is 2.54. The maximum Gasteiger partial charge on any atom is 0.194 e. The molecular weight excluding hydrogens is 467 g/mol. The standard InChI is InChI=1S/C21H36N4O2.HI/c1-6-22-21(25-13-12-18(16-25)24(7-2)8-3)23-15-17-10-11-19(26-5)20(14-17)27-9-4;/h10-11,14,18H,6-9,12-13,15-16H2,1-5H3,(H,22,23);1H. The summed E-state index contributed by atoms with van der Waals surface area (Å²) in [5, 5.41) is 3.45. The molecule has 160 valence electrons. The number of hydrogen-bond donors (Lipinski definition) is 1. The predicted molar refractivity (Wildman–Crippen MR) is 127 cm³/mol. The van der Waals surface area contributed by atoms with Crippen LogP contribution in [0.1, 0.15) is 39.7 Å². The second-order valence-electron chi connectivity index (χ2n) is 6.70. The number of benzene rings is 1. The van der Waals surface area contributed by atoms with Gasteiger partial charge in [-0.1, -0.05) is 19.9 Å². The molecule has 1 aliphatic heterocycles. The maximum absolute atomic E-state index is 5.68. The minimum atomic E-state index is 0. The quantitative estimate of drug-likeness (QED) is 0.317. The van der Waals surface area contributed by atoms with Crippen molar-refractivity contribution in [2.75, 3.05) is 46.4 Å². The van der Waals surface area contributed by atoms with Crippen LogP contribution in [-0.4, -0.2) is 68.2 Å². The molecule has 1 aromatic rings. The van der Waals surface area contributed by atoms with Gasteiger partial charge in [0.2, 0.25) is 0 Å². The Hall–Kier alpha value is -1.22. The fourth-order valence-electron chi connectivity index (χ4n) is 3.65. The SMILES string of the molecule is CCNC(=NCc1ccc(OC)c(OCC)c1)N1CCC(N(CC)CC)C1.I. The highest BCUT2D eigenvalue weighted by molar-refractivity contribution is 14.0. The fraction of sp³-hybridized carbons (Fsp3) is 0.667. The monoisotopic (exact) mass is 504 g/mol. The molecule has 7 heteroatoms. The first-order valence-electron chi connectivity index (χ1n) is 10.2. The summed E-state index contributed by atoms with van der Waals surface area (Å²) in [4.78, 5) is 9.82. The van der Waals surface area contributed by atoms with Gasteiger partial charge in [0.05, 0.1) is 20.3 Å². The number of methoxy groups -OCH3 is 1. The van der Waals surface area contributed by atoms with Gasteiger partial charge in [-0.2, -0.15) is 0 Å². The molecular formula is C21H37IN4O2. The highest BCUT2D eigenvalue weighted by Gasteiger charge is 2.27. The lowest BCUT2D eigenvalue weighted by atomic mass is 10.2. The summed E-state index contributed by atoms with van der Waals surface area (Å²) in [7, 11) is 1.67. The summed E-state index contributed by atoms with van der Waals surface area (Å²) >= 11 is 0. The van der Waals surface area contributed by atoms with E-state index >= 15 is 0 Å². The molecule has 0 saturated carbocycles. The number of nitrogens with zero attached hydrogens (tertiary/aromatic N) is 3. The van der Waals surface area contributed by atoms with Crippen molar-refractivity contribution in [2.45, 2.75) is 46.7 Å². The third kappa shape index (κ3) is 6.69. The Balaban J connectivity index is 0.00000392. The van der Waals surface area contributed by atoms with E-state index in [1.165, 1.54) is 6.42 Å². The molecule has 1 atom stereocenters. The second-order valence-corrected chi connectivity index (χ2v) is 6.70. The molecule has 1 saturated heterocycles. The maximum atomic E-state index is 5.68. The number of ether oxygens (including phenoxy) is 2. The van der Waals surface area contributed by atoms with E-state index in [1.807, 2.05) is 19.1 Å². The molecule has 1 unspecified atom stereocenters. The van der Waals surface area contributed by atoms with Gasteiger partial charge >= 0.3 is 0 Å². The van der Waals surface area contributed by atoms with Gasteiger partial charge in [0.25, 0.3) is 0 Å². The van der Waals surface area contributed by atoms with E-state index in [4.69, 9.17) is 14.5 Å². The van der Waals surface area contributed by atoms with Crippen LogP contribution < -0.4 is 14.8 Å². The minimum absolute atomic E-state index is 0. The van der Waals surface area contributed by atoms with Crippen LogP contribution in [0.15, 0.2) is 23.2 Å². The van der Waals surface area contributed by atoms with Crippen LogP contribution in [0.3, 0.4) is 0 Å². The molecule has 1 N–H and O–H groups in total. The first kappa shape index (κ1) is 24.8. The van der Waals surface area contributed by atoms with Crippen LogP contribution >= 0.6 is 24.0 Å². The number of guanidine groups is 1. The zero-order valence-corrected chi connectivity index (χ0v) is 20.4. The lowest BCUT2D eigenvalue weighted by Crippen LogP contribution is -2.43. The summed E-state index contributed by atoms with van der Waals surface area (Å²) in [5.41, 5.74) is 1.12. The summed E-state index contributed by atoms with van der Waals surface area (Å²) in [6.07, 6.45) is 1.20. The first-order valence-corrected chi connectivity index (χ1v) is 10.2. The Morgan fingerprint density at radius 3 is 2.57 bits per heavy atom. The van der Waals surface area contributed by atoms with Gasteiger partial charge in [0.1, 0.15) is 0 Å². The molecule has 0 amide bonds. The van der Waals surface area contributed by atoms with Crippen molar-refractivity contribution in [1.82, 2.24) is 15.1 Å².